The van der Waals surface area contributed by atoms with E-state index < -0.39 is 0 Å². The van der Waals surface area contributed by atoms with E-state index in [-0.39, 0.29) is 5.95 Å². The molecule has 2 N–H and O–H groups in total. The SMILES string of the molecule is Cc1nonc1-c1ccnc2nnc(N)n12. The molecule has 0 spiro atoms. The molecule has 0 saturated heterocycles. The van der Waals surface area contributed by atoms with Crippen LogP contribution in [0.15, 0.2) is 16.9 Å². The summed E-state index contributed by atoms with van der Waals surface area (Å²) in [7, 11) is 0. The number of aromatic nitrogens is 6. The molecule has 3 aromatic heterocycles. The Balaban J connectivity index is 2.39. The van der Waals surface area contributed by atoms with Gasteiger partial charge in [-0.15, -0.1) is 10.2 Å². The van der Waals surface area contributed by atoms with Gasteiger partial charge < -0.3 is 5.73 Å². The molecular formula is C8H7N7O. The highest BCUT2D eigenvalue weighted by Crippen LogP contribution is 2.21. The van der Waals surface area contributed by atoms with Crippen LogP contribution in [0.4, 0.5) is 5.95 Å². The first-order valence-electron chi connectivity index (χ1n) is 4.52. The van der Waals surface area contributed by atoms with E-state index >= 15 is 0 Å². The Labute approximate surface area is 89.1 Å². The number of nitrogens with two attached hydrogens (primary N) is 1. The van der Waals surface area contributed by atoms with Crippen molar-refractivity contribution in [1.82, 2.24) is 29.9 Å². The zero-order valence-electron chi connectivity index (χ0n) is 8.32. The molecule has 0 aliphatic rings. The van der Waals surface area contributed by atoms with Crippen molar-refractivity contribution in [2.45, 2.75) is 6.92 Å². The Kier molecular flexibility index (Phi) is 1.64. The van der Waals surface area contributed by atoms with Crippen molar-refractivity contribution in [3.63, 3.8) is 0 Å². The number of hydrogen-bond donors (Lipinski definition) is 1. The molecule has 0 aliphatic heterocycles. The topological polar surface area (TPSA) is 108 Å². The molecule has 80 valence electrons. The molecule has 0 aliphatic carbocycles. The predicted molar refractivity (Wildman–Crippen MR) is 53.2 cm³/mol. The van der Waals surface area contributed by atoms with Gasteiger partial charge in [-0.1, -0.05) is 5.16 Å². The lowest BCUT2D eigenvalue weighted by Gasteiger charge is -2.01. The molecule has 3 aromatic rings. The normalized spacial score (nSPS) is 11.1. The number of anilines is 1. The second-order valence-electron chi connectivity index (χ2n) is 3.22. The quantitative estimate of drug-likeness (QED) is 0.614. The predicted octanol–water partition coefficient (Wildman–Crippen LogP) is 0.0649. The first-order chi connectivity index (χ1) is 7.77. The van der Waals surface area contributed by atoms with Gasteiger partial charge in [-0.3, -0.25) is 0 Å². The molecule has 0 amide bonds. The van der Waals surface area contributed by atoms with Gasteiger partial charge >= 0.3 is 0 Å². The number of rotatable bonds is 1. The molecular weight excluding hydrogens is 210 g/mol. The minimum Gasteiger partial charge on any atom is -0.368 e. The van der Waals surface area contributed by atoms with E-state index in [4.69, 9.17) is 5.73 Å². The average Bonchev–Trinajstić information content (AvgIpc) is 2.86. The zero-order valence-corrected chi connectivity index (χ0v) is 8.32. The number of nitrogens with zero attached hydrogens (tertiary/aromatic N) is 6. The van der Waals surface area contributed by atoms with Gasteiger partial charge in [-0.05, 0) is 18.1 Å². The second kappa shape index (κ2) is 2.99. The van der Waals surface area contributed by atoms with Gasteiger partial charge in [0.15, 0.2) is 5.69 Å². The van der Waals surface area contributed by atoms with Crippen LogP contribution < -0.4 is 5.73 Å². The maximum Gasteiger partial charge on any atom is 0.257 e. The fourth-order valence-electron chi connectivity index (χ4n) is 1.50. The smallest absolute Gasteiger partial charge is 0.257 e. The van der Waals surface area contributed by atoms with E-state index in [1.54, 1.807) is 23.6 Å². The van der Waals surface area contributed by atoms with Crippen LogP contribution >= 0.6 is 0 Å². The Morgan fingerprint density at radius 1 is 1.31 bits per heavy atom. The van der Waals surface area contributed by atoms with Crippen molar-refractivity contribution in [1.29, 1.82) is 0 Å². The molecule has 0 unspecified atom stereocenters. The van der Waals surface area contributed by atoms with Crippen LogP contribution in [0, 0.1) is 6.92 Å². The Bertz CT molecular complexity index is 655. The number of nitrogen functional groups attached to an aromatic ring is 1. The first kappa shape index (κ1) is 8.77. The summed E-state index contributed by atoms with van der Waals surface area (Å²) in [5, 5.41) is 15.1. The zero-order chi connectivity index (χ0) is 11.1. The van der Waals surface area contributed by atoms with E-state index in [0.717, 1.165) is 0 Å². The van der Waals surface area contributed by atoms with Gasteiger partial charge in [0.25, 0.3) is 5.78 Å². The third kappa shape index (κ3) is 1.06. The lowest BCUT2D eigenvalue weighted by Crippen LogP contribution is -2.00. The maximum absolute atomic E-state index is 5.70. The highest BCUT2D eigenvalue weighted by atomic mass is 16.6. The van der Waals surface area contributed by atoms with Gasteiger partial charge in [-0.25, -0.2) is 14.0 Å². The third-order valence-electron chi connectivity index (χ3n) is 2.23. The van der Waals surface area contributed by atoms with Crippen LogP contribution in [-0.4, -0.2) is 29.9 Å². The minimum absolute atomic E-state index is 0.250. The molecule has 0 bridgehead atoms. The lowest BCUT2D eigenvalue weighted by atomic mass is 10.2. The largest absolute Gasteiger partial charge is 0.368 e. The molecule has 0 fully saturated rings. The summed E-state index contributed by atoms with van der Waals surface area (Å²) in [5.74, 6) is 0.665. The monoisotopic (exact) mass is 217 g/mol. The van der Waals surface area contributed by atoms with Crippen molar-refractivity contribution in [2.24, 2.45) is 0 Å². The maximum atomic E-state index is 5.70. The van der Waals surface area contributed by atoms with Crippen molar-refractivity contribution in [2.75, 3.05) is 5.73 Å². The van der Waals surface area contributed by atoms with Gasteiger partial charge in [0.2, 0.25) is 5.95 Å². The molecule has 0 radical (unpaired) electrons. The molecule has 3 rings (SSSR count). The van der Waals surface area contributed by atoms with Crippen molar-refractivity contribution < 1.29 is 4.63 Å². The van der Waals surface area contributed by atoms with Gasteiger partial charge in [0.1, 0.15) is 5.69 Å². The molecule has 8 heteroatoms. The summed E-state index contributed by atoms with van der Waals surface area (Å²) in [4.78, 5) is 4.03. The molecule has 3 heterocycles. The van der Waals surface area contributed by atoms with E-state index in [9.17, 15) is 0 Å². The lowest BCUT2D eigenvalue weighted by molar-refractivity contribution is 0.305. The highest BCUT2D eigenvalue weighted by molar-refractivity contribution is 5.61. The average molecular weight is 217 g/mol. The van der Waals surface area contributed by atoms with Crippen molar-refractivity contribution >= 4 is 11.7 Å². The minimum atomic E-state index is 0.250. The molecule has 0 aromatic carbocycles. The van der Waals surface area contributed by atoms with Crippen LogP contribution in [0.25, 0.3) is 17.2 Å². The van der Waals surface area contributed by atoms with Crippen LogP contribution in [0.3, 0.4) is 0 Å². The van der Waals surface area contributed by atoms with Crippen LogP contribution in [0.2, 0.25) is 0 Å². The fourth-order valence-corrected chi connectivity index (χ4v) is 1.50. The van der Waals surface area contributed by atoms with E-state index in [0.29, 0.717) is 22.9 Å². The van der Waals surface area contributed by atoms with E-state index in [2.05, 4.69) is 30.1 Å². The summed E-state index contributed by atoms with van der Waals surface area (Å²) in [5.41, 5.74) is 7.67. The highest BCUT2D eigenvalue weighted by Gasteiger charge is 2.14. The third-order valence-corrected chi connectivity index (χ3v) is 2.23. The van der Waals surface area contributed by atoms with Gasteiger partial charge in [-0.2, -0.15) is 0 Å². The molecule has 0 atom stereocenters. The molecule has 0 saturated carbocycles. The van der Waals surface area contributed by atoms with Crippen molar-refractivity contribution in [3.8, 4) is 11.4 Å². The molecule has 16 heavy (non-hydrogen) atoms. The van der Waals surface area contributed by atoms with Crippen LogP contribution in [-0.2, 0) is 0 Å². The first-order valence-corrected chi connectivity index (χ1v) is 4.52. The summed E-state index contributed by atoms with van der Waals surface area (Å²) in [6.07, 6.45) is 1.60. The summed E-state index contributed by atoms with van der Waals surface area (Å²) < 4.78 is 6.24. The summed E-state index contributed by atoms with van der Waals surface area (Å²) in [6.45, 7) is 1.79. The number of fused-ring (bicyclic) bond motifs is 1. The second-order valence-corrected chi connectivity index (χ2v) is 3.22. The number of hydrogen-bond acceptors (Lipinski definition) is 7. The fraction of sp³-hybridized carbons (Fsp3) is 0.125. The number of aryl methyl sites for hydroxylation is 1. The van der Waals surface area contributed by atoms with E-state index in [1.165, 1.54) is 0 Å². The van der Waals surface area contributed by atoms with Crippen LogP contribution in [0.5, 0.6) is 0 Å². The van der Waals surface area contributed by atoms with Gasteiger partial charge in [0.05, 0.1) is 5.69 Å². The Hall–Kier alpha value is -2.51. The van der Waals surface area contributed by atoms with Crippen molar-refractivity contribution in [3.05, 3.63) is 18.0 Å². The summed E-state index contributed by atoms with van der Waals surface area (Å²) in [6, 6.07) is 1.75. The van der Waals surface area contributed by atoms with E-state index in [1.807, 2.05) is 0 Å². The standard InChI is InChI=1S/C8H7N7O/c1-4-6(14-16-13-4)5-2-3-10-8-12-11-7(9)15(5)8/h2-3H,1H3,(H2,9,11). The van der Waals surface area contributed by atoms with Crippen LogP contribution in [0.1, 0.15) is 5.69 Å². The Morgan fingerprint density at radius 2 is 2.19 bits per heavy atom. The summed E-state index contributed by atoms with van der Waals surface area (Å²) >= 11 is 0. The van der Waals surface area contributed by atoms with Gasteiger partial charge in [0, 0.05) is 6.20 Å². The molecule has 8 nitrogen and oxygen atoms in total. The Morgan fingerprint density at radius 3 is 2.94 bits per heavy atom.